The van der Waals surface area contributed by atoms with E-state index in [0.717, 1.165) is 23.1 Å². The second-order valence-corrected chi connectivity index (χ2v) is 6.59. The van der Waals surface area contributed by atoms with Gasteiger partial charge < -0.3 is 9.80 Å². The number of benzene rings is 1. The van der Waals surface area contributed by atoms with Crippen LogP contribution in [0.2, 0.25) is 0 Å². The number of nitrogens with zero attached hydrogens (tertiary/aromatic N) is 2. The van der Waals surface area contributed by atoms with Crippen LogP contribution in [0.4, 0.5) is 8.78 Å². The van der Waals surface area contributed by atoms with Gasteiger partial charge in [-0.05, 0) is 29.6 Å². The van der Waals surface area contributed by atoms with Crippen molar-refractivity contribution in [3.63, 3.8) is 0 Å². The predicted octanol–water partition coefficient (Wildman–Crippen LogP) is 2.55. The molecule has 0 N–H and O–H groups in total. The van der Waals surface area contributed by atoms with Crippen LogP contribution in [0.15, 0.2) is 35.7 Å². The molecule has 1 aromatic heterocycles. The summed E-state index contributed by atoms with van der Waals surface area (Å²) in [5, 5.41) is 1.92. The van der Waals surface area contributed by atoms with E-state index in [1.165, 1.54) is 16.2 Å². The molecular weight excluding hydrogens is 334 g/mol. The Morgan fingerprint density at radius 3 is 2.42 bits per heavy atom. The molecule has 0 spiro atoms. The minimum absolute atomic E-state index is 0.0153. The van der Waals surface area contributed by atoms with E-state index in [-0.39, 0.29) is 11.5 Å². The lowest BCUT2D eigenvalue weighted by molar-refractivity contribution is -0.131. The van der Waals surface area contributed by atoms with Crippen LogP contribution in [0.25, 0.3) is 0 Å². The van der Waals surface area contributed by atoms with Gasteiger partial charge in [0.15, 0.2) is 0 Å². The molecule has 24 heavy (non-hydrogen) atoms. The standard InChI is InChI=1S/C17H16F2N2O2S/c18-12-3-4-15(19)14(10-12)17(23)21-7-5-20(6-8-21)16(22)11-13-2-1-9-24-13/h1-4,9-10H,5-8,11H2. The van der Waals surface area contributed by atoms with Crippen LogP contribution in [-0.2, 0) is 11.2 Å². The second kappa shape index (κ2) is 7.09. The first-order valence-corrected chi connectivity index (χ1v) is 8.47. The van der Waals surface area contributed by atoms with Crippen molar-refractivity contribution in [3.05, 3.63) is 57.8 Å². The third-order valence-corrected chi connectivity index (χ3v) is 4.86. The zero-order chi connectivity index (χ0) is 17.1. The number of hydrogen-bond donors (Lipinski definition) is 0. The molecule has 2 heterocycles. The molecule has 0 radical (unpaired) electrons. The summed E-state index contributed by atoms with van der Waals surface area (Å²) in [6.45, 7) is 1.41. The van der Waals surface area contributed by atoms with Crippen molar-refractivity contribution >= 4 is 23.2 Å². The minimum atomic E-state index is -0.738. The van der Waals surface area contributed by atoms with Crippen LogP contribution in [-0.4, -0.2) is 47.8 Å². The molecule has 0 atom stereocenters. The zero-order valence-corrected chi connectivity index (χ0v) is 13.7. The van der Waals surface area contributed by atoms with Gasteiger partial charge in [-0.15, -0.1) is 11.3 Å². The fraction of sp³-hybridized carbons (Fsp3) is 0.294. The predicted molar refractivity (Wildman–Crippen MR) is 86.9 cm³/mol. The maximum Gasteiger partial charge on any atom is 0.257 e. The molecule has 2 aromatic rings. The normalized spacial score (nSPS) is 14.8. The fourth-order valence-electron chi connectivity index (χ4n) is 2.66. The number of rotatable bonds is 3. The van der Waals surface area contributed by atoms with Gasteiger partial charge in [0.05, 0.1) is 12.0 Å². The Morgan fingerprint density at radius 2 is 1.75 bits per heavy atom. The Hall–Kier alpha value is -2.28. The lowest BCUT2D eigenvalue weighted by atomic mass is 10.1. The van der Waals surface area contributed by atoms with E-state index in [0.29, 0.717) is 32.6 Å². The van der Waals surface area contributed by atoms with Gasteiger partial charge in [0.1, 0.15) is 11.6 Å². The van der Waals surface area contributed by atoms with Crippen molar-refractivity contribution in [2.24, 2.45) is 0 Å². The molecule has 1 aromatic carbocycles. The lowest BCUT2D eigenvalue weighted by Gasteiger charge is -2.34. The first kappa shape index (κ1) is 16.6. The van der Waals surface area contributed by atoms with Crippen LogP contribution >= 0.6 is 11.3 Å². The van der Waals surface area contributed by atoms with Gasteiger partial charge in [-0.1, -0.05) is 6.07 Å². The third kappa shape index (κ3) is 3.62. The fourth-order valence-corrected chi connectivity index (χ4v) is 3.36. The maximum atomic E-state index is 13.7. The summed E-state index contributed by atoms with van der Waals surface area (Å²) in [7, 11) is 0. The van der Waals surface area contributed by atoms with Gasteiger partial charge in [0, 0.05) is 31.1 Å². The van der Waals surface area contributed by atoms with Crippen molar-refractivity contribution in [3.8, 4) is 0 Å². The number of hydrogen-bond acceptors (Lipinski definition) is 3. The molecule has 0 unspecified atom stereocenters. The molecule has 7 heteroatoms. The van der Waals surface area contributed by atoms with Gasteiger partial charge in [0.25, 0.3) is 5.91 Å². The summed E-state index contributed by atoms with van der Waals surface area (Å²) >= 11 is 1.53. The molecule has 0 aliphatic carbocycles. The molecule has 3 rings (SSSR count). The average molecular weight is 350 g/mol. The number of carbonyl (C=O) groups is 2. The van der Waals surface area contributed by atoms with E-state index in [2.05, 4.69) is 0 Å². The van der Waals surface area contributed by atoms with Crippen molar-refractivity contribution in [1.82, 2.24) is 9.80 Å². The van der Waals surface area contributed by atoms with Crippen LogP contribution < -0.4 is 0 Å². The van der Waals surface area contributed by atoms with E-state index < -0.39 is 17.5 Å². The zero-order valence-electron chi connectivity index (χ0n) is 12.9. The van der Waals surface area contributed by atoms with Crippen molar-refractivity contribution in [2.75, 3.05) is 26.2 Å². The monoisotopic (exact) mass is 350 g/mol. The molecule has 4 nitrogen and oxygen atoms in total. The van der Waals surface area contributed by atoms with Gasteiger partial charge in [-0.3, -0.25) is 9.59 Å². The van der Waals surface area contributed by atoms with Gasteiger partial charge in [0.2, 0.25) is 5.91 Å². The van der Waals surface area contributed by atoms with Crippen LogP contribution in [0, 0.1) is 11.6 Å². The van der Waals surface area contributed by atoms with E-state index in [1.54, 1.807) is 4.90 Å². The van der Waals surface area contributed by atoms with Crippen molar-refractivity contribution in [1.29, 1.82) is 0 Å². The smallest absolute Gasteiger partial charge is 0.257 e. The molecule has 1 saturated heterocycles. The summed E-state index contributed by atoms with van der Waals surface area (Å²) in [5.41, 5.74) is -0.270. The highest BCUT2D eigenvalue weighted by molar-refractivity contribution is 7.10. The summed E-state index contributed by atoms with van der Waals surface area (Å²) in [6.07, 6.45) is 0.351. The number of amides is 2. The molecule has 126 valence electrons. The molecular formula is C17H16F2N2O2S. The largest absolute Gasteiger partial charge is 0.339 e. The van der Waals surface area contributed by atoms with E-state index in [1.807, 2.05) is 17.5 Å². The molecule has 2 amide bonds. The van der Waals surface area contributed by atoms with E-state index in [9.17, 15) is 18.4 Å². The van der Waals surface area contributed by atoms with Crippen molar-refractivity contribution in [2.45, 2.75) is 6.42 Å². The summed E-state index contributed by atoms with van der Waals surface area (Å²) in [5.74, 6) is -1.92. The molecule has 1 fully saturated rings. The molecule has 0 bridgehead atoms. The second-order valence-electron chi connectivity index (χ2n) is 5.55. The minimum Gasteiger partial charge on any atom is -0.339 e. The lowest BCUT2D eigenvalue weighted by Crippen LogP contribution is -2.51. The quantitative estimate of drug-likeness (QED) is 0.854. The first-order chi connectivity index (χ1) is 11.5. The van der Waals surface area contributed by atoms with E-state index >= 15 is 0 Å². The Labute approximate surface area is 142 Å². The van der Waals surface area contributed by atoms with Crippen LogP contribution in [0.5, 0.6) is 0 Å². The third-order valence-electron chi connectivity index (χ3n) is 3.98. The Morgan fingerprint density at radius 1 is 1.04 bits per heavy atom. The highest BCUT2D eigenvalue weighted by Gasteiger charge is 2.26. The SMILES string of the molecule is O=C(Cc1cccs1)N1CCN(C(=O)c2cc(F)ccc2F)CC1. The highest BCUT2D eigenvalue weighted by Crippen LogP contribution is 2.16. The molecule has 1 aliphatic rings. The first-order valence-electron chi connectivity index (χ1n) is 7.59. The van der Waals surface area contributed by atoms with Gasteiger partial charge >= 0.3 is 0 Å². The molecule has 0 saturated carbocycles. The summed E-state index contributed by atoms with van der Waals surface area (Å²) in [6, 6.07) is 6.65. The Balaban J connectivity index is 1.59. The maximum absolute atomic E-state index is 13.7. The van der Waals surface area contributed by atoms with Crippen LogP contribution in [0.3, 0.4) is 0 Å². The van der Waals surface area contributed by atoms with E-state index in [4.69, 9.17) is 0 Å². The Kier molecular flexibility index (Phi) is 4.89. The highest BCUT2D eigenvalue weighted by atomic mass is 32.1. The summed E-state index contributed by atoms with van der Waals surface area (Å²) in [4.78, 5) is 28.7. The van der Waals surface area contributed by atoms with Gasteiger partial charge in [-0.25, -0.2) is 8.78 Å². The van der Waals surface area contributed by atoms with Crippen molar-refractivity contribution < 1.29 is 18.4 Å². The number of thiophene rings is 1. The number of carbonyl (C=O) groups excluding carboxylic acids is 2. The van der Waals surface area contributed by atoms with Gasteiger partial charge in [-0.2, -0.15) is 0 Å². The number of halogens is 2. The number of piperazine rings is 1. The topological polar surface area (TPSA) is 40.6 Å². The Bertz CT molecular complexity index is 741. The van der Waals surface area contributed by atoms with Crippen LogP contribution in [0.1, 0.15) is 15.2 Å². The molecule has 1 aliphatic heterocycles. The summed E-state index contributed by atoms with van der Waals surface area (Å²) < 4.78 is 26.9. The average Bonchev–Trinajstić information content (AvgIpc) is 3.09.